The molecule has 0 radical (unpaired) electrons. The third-order valence-electron chi connectivity index (χ3n) is 9.02. The number of thiophene rings is 1. The topological polar surface area (TPSA) is 67.9 Å². The van der Waals surface area contributed by atoms with Gasteiger partial charge in [0.1, 0.15) is 11.2 Å². The molecule has 3 aromatic heterocycles. The van der Waals surface area contributed by atoms with Crippen molar-refractivity contribution in [3.8, 4) is 6.07 Å². The second-order valence-corrected chi connectivity index (χ2v) is 12.5. The number of hydrogen-bond acceptors (Lipinski definition) is 4. The number of nitrogens with zero attached hydrogens (tertiary/aromatic N) is 2. The summed E-state index contributed by atoms with van der Waals surface area (Å²) in [7, 11) is 0. The summed E-state index contributed by atoms with van der Waals surface area (Å²) in [5.74, 6) is -0.160. The van der Waals surface area contributed by atoms with Crippen molar-refractivity contribution >= 4 is 92.2 Å². The Morgan fingerprint density at radius 3 is 2.40 bits per heavy atom. The number of rotatable bonds is 2. The summed E-state index contributed by atoms with van der Waals surface area (Å²) in [4.78, 5) is 0. The van der Waals surface area contributed by atoms with Crippen molar-refractivity contribution < 1.29 is 4.42 Å². The second kappa shape index (κ2) is 8.84. The molecule has 204 valence electrons. The fraction of sp³-hybridized carbons (Fsp3) is 0.0789. The largest absolute Gasteiger partial charge is 0.456 e. The number of benzene rings is 5. The minimum absolute atomic E-state index is 0.0614. The van der Waals surface area contributed by atoms with Crippen molar-refractivity contribution in [2.24, 2.45) is 11.8 Å². The molecule has 2 unspecified atom stereocenters. The van der Waals surface area contributed by atoms with Crippen molar-refractivity contribution in [3.63, 3.8) is 0 Å². The van der Waals surface area contributed by atoms with E-state index in [4.69, 9.17) is 10.2 Å². The number of furan rings is 1. The van der Waals surface area contributed by atoms with Gasteiger partial charge < -0.3 is 14.7 Å². The van der Waals surface area contributed by atoms with E-state index in [-0.39, 0.29) is 11.8 Å². The molecule has 0 bridgehead atoms. The van der Waals surface area contributed by atoms with Gasteiger partial charge >= 0.3 is 0 Å². The van der Waals surface area contributed by atoms with E-state index in [1.807, 2.05) is 30.3 Å². The first kappa shape index (κ1) is 24.3. The SMILES string of the molecule is CC1C=C(n2c3ccccc3c3c4sc5c(N)cccc5c4ccc32)C(c2ccc3oc4ccccc4c3c2)=CC1C#N. The molecule has 2 N–H and O–H groups in total. The van der Waals surface area contributed by atoms with Crippen LogP contribution in [-0.2, 0) is 0 Å². The maximum Gasteiger partial charge on any atom is 0.135 e. The summed E-state index contributed by atoms with van der Waals surface area (Å²) in [6.07, 6.45) is 4.43. The highest BCUT2D eigenvalue weighted by Crippen LogP contribution is 2.47. The molecule has 5 aromatic carbocycles. The van der Waals surface area contributed by atoms with Crippen molar-refractivity contribution in [1.29, 1.82) is 5.26 Å². The smallest absolute Gasteiger partial charge is 0.135 e. The first-order valence-corrected chi connectivity index (χ1v) is 15.3. The van der Waals surface area contributed by atoms with Crippen LogP contribution in [0.15, 0.2) is 114 Å². The van der Waals surface area contributed by atoms with Gasteiger partial charge in [-0.1, -0.05) is 79.7 Å². The van der Waals surface area contributed by atoms with Crippen molar-refractivity contribution in [2.45, 2.75) is 6.92 Å². The third-order valence-corrected chi connectivity index (χ3v) is 10.3. The highest BCUT2D eigenvalue weighted by atomic mass is 32.1. The number of para-hydroxylation sites is 2. The molecule has 5 heteroatoms. The molecule has 1 aliphatic carbocycles. The van der Waals surface area contributed by atoms with Gasteiger partial charge in [0.25, 0.3) is 0 Å². The highest BCUT2D eigenvalue weighted by Gasteiger charge is 2.27. The van der Waals surface area contributed by atoms with Crippen LogP contribution in [0.2, 0.25) is 0 Å². The Kier molecular flexibility index (Phi) is 5.00. The second-order valence-electron chi connectivity index (χ2n) is 11.5. The summed E-state index contributed by atoms with van der Waals surface area (Å²) in [5.41, 5.74) is 14.5. The predicted molar refractivity (Wildman–Crippen MR) is 181 cm³/mol. The van der Waals surface area contributed by atoms with E-state index >= 15 is 0 Å². The number of nitrogens with two attached hydrogens (primary N) is 1. The van der Waals surface area contributed by atoms with Crippen LogP contribution in [0.25, 0.3) is 75.2 Å². The molecule has 0 saturated heterocycles. The lowest BCUT2D eigenvalue weighted by molar-refractivity contribution is 0.618. The first-order chi connectivity index (χ1) is 21.1. The Morgan fingerprint density at radius 1 is 0.744 bits per heavy atom. The van der Waals surface area contributed by atoms with Gasteiger partial charge in [-0.25, -0.2) is 0 Å². The van der Waals surface area contributed by atoms with E-state index in [0.29, 0.717) is 0 Å². The molecule has 1 aliphatic rings. The zero-order valence-electron chi connectivity index (χ0n) is 23.3. The minimum Gasteiger partial charge on any atom is -0.456 e. The Labute approximate surface area is 251 Å². The molecule has 43 heavy (non-hydrogen) atoms. The van der Waals surface area contributed by atoms with Crippen LogP contribution in [0.3, 0.4) is 0 Å². The van der Waals surface area contributed by atoms with E-state index < -0.39 is 0 Å². The van der Waals surface area contributed by atoms with Gasteiger partial charge in [-0.2, -0.15) is 5.26 Å². The molecular weight excluding hydrogens is 547 g/mol. The number of hydrogen-bond donors (Lipinski definition) is 1. The van der Waals surface area contributed by atoms with Crippen LogP contribution in [0.1, 0.15) is 12.5 Å². The maximum absolute atomic E-state index is 10.1. The molecule has 0 fully saturated rings. The Balaban J connectivity index is 1.35. The van der Waals surface area contributed by atoms with Crippen LogP contribution in [0.4, 0.5) is 5.69 Å². The number of nitrogen functional groups attached to an aromatic ring is 1. The summed E-state index contributed by atoms with van der Waals surface area (Å²) in [6, 6.07) is 36.4. The lowest BCUT2D eigenvalue weighted by Crippen LogP contribution is -2.14. The first-order valence-electron chi connectivity index (χ1n) is 14.5. The lowest BCUT2D eigenvalue weighted by atomic mass is 9.83. The Bertz CT molecular complexity index is 2570. The van der Waals surface area contributed by atoms with Gasteiger partial charge in [0.05, 0.1) is 33.4 Å². The lowest BCUT2D eigenvalue weighted by Gasteiger charge is -2.25. The summed E-state index contributed by atoms with van der Waals surface area (Å²) in [6.45, 7) is 2.13. The van der Waals surface area contributed by atoms with E-state index in [1.54, 1.807) is 11.3 Å². The summed E-state index contributed by atoms with van der Waals surface area (Å²) in [5, 5.41) is 17.2. The average molecular weight is 572 g/mol. The summed E-state index contributed by atoms with van der Waals surface area (Å²) >= 11 is 1.77. The van der Waals surface area contributed by atoms with Crippen LogP contribution < -0.4 is 5.73 Å². The van der Waals surface area contributed by atoms with Crippen molar-refractivity contribution in [1.82, 2.24) is 4.57 Å². The minimum atomic E-state index is -0.221. The number of anilines is 1. The predicted octanol–water partition coefficient (Wildman–Crippen LogP) is 10.4. The zero-order valence-corrected chi connectivity index (χ0v) is 24.2. The van der Waals surface area contributed by atoms with E-state index in [2.05, 4.69) is 96.4 Å². The molecule has 0 amide bonds. The molecule has 3 heterocycles. The van der Waals surface area contributed by atoms with Crippen LogP contribution >= 0.6 is 11.3 Å². The van der Waals surface area contributed by atoms with E-state index in [9.17, 15) is 5.26 Å². The van der Waals surface area contributed by atoms with Crippen LogP contribution in [0.5, 0.6) is 0 Å². The molecular formula is C38H25N3OS. The highest BCUT2D eigenvalue weighted by molar-refractivity contribution is 7.27. The molecule has 0 aliphatic heterocycles. The van der Waals surface area contributed by atoms with E-state index in [1.165, 1.54) is 26.2 Å². The summed E-state index contributed by atoms with van der Waals surface area (Å²) < 4.78 is 10.9. The van der Waals surface area contributed by atoms with E-state index in [0.717, 1.165) is 60.2 Å². The van der Waals surface area contributed by atoms with Crippen molar-refractivity contribution in [3.05, 3.63) is 115 Å². The van der Waals surface area contributed by atoms with Gasteiger partial charge in [0.15, 0.2) is 0 Å². The standard InChI is InChI=1S/C38H25N3OS/c1-21-17-33(28(19-23(21)20-39)22-13-16-35-29(18-22)24-7-3-5-12-34(24)42-35)41-31-11-4-2-8-27(31)36-32(41)15-14-26-25-9-6-10-30(40)37(25)43-38(26)36/h2-19,21,23H,40H2,1H3. The quantitative estimate of drug-likeness (QED) is 0.210. The zero-order chi connectivity index (χ0) is 28.8. The van der Waals surface area contributed by atoms with Crippen molar-refractivity contribution in [2.75, 3.05) is 5.73 Å². The maximum atomic E-state index is 10.1. The van der Waals surface area contributed by atoms with Gasteiger partial charge in [-0.15, -0.1) is 11.3 Å². The van der Waals surface area contributed by atoms with Gasteiger partial charge in [0, 0.05) is 48.3 Å². The number of aromatic nitrogens is 1. The van der Waals surface area contributed by atoms with Gasteiger partial charge in [-0.3, -0.25) is 0 Å². The number of nitriles is 1. The monoisotopic (exact) mass is 571 g/mol. The normalized spacial score (nSPS) is 17.3. The molecule has 0 spiro atoms. The average Bonchev–Trinajstić information content (AvgIpc) is 3.70. The van der Waals surface area contributed by atoms with Gasteiger partial charge in [0.2, 0.25) is 0 Å². The number of allylic oxidation sites excluding steroid dienone is 4. The molecule has 4 nitrogen and oxygen atoms in total. The fourth-order valence-electron chi connectivity index (χ4n) is 6.94. The molecule has 2 atom stereocenters. The van der Waals surface area contributed by atoms with Crippen LogP contribution in [0, 0.1) is 23.2 Å². The molecule has 8 aromatic rings. The third kappa shape index (κ3) is 3.36. The Hall–Kier alpha value is -5.31. The number of fused-ring (bicyclic) bond motifs is 10. The Morgan fingerprint density at radius 2 is 1.51 bits per heavy atom. The van der Waals surface area contributed by atoms with Gasteiger partial charge in [-0.05, 0) is 47.9 Å². The fourth-order valence-corrected chi connectivity index (χ4v) is 8.22. The molecule has 0 saturated carbocycles. The molecule has 9 rings (SSSR count). The van der Waals surface area contributed by atoms with Crippen LogP contribution in [-0.4, -0.2) is 4.57 Å².